The van der Waals surface area contributed by atoms with Crippen LogP contribution >= 0.6 is 25.1 Å². The van der Waals surface area contributed by atoms with Gasteiger partial charge >= 0.3 is 5.97 Å². The Hall–Kier alpha value is -1.54. The van der Waals surface area contributed by atoms with Gasteiger partial charge in [-0.1, -0.05) is 43.0 Å². The third-order valence-corrected chi connectivity index (χ3v) is 7.94. The average Bonchev–Trinajstić information content (AvgIpc) is 2.72. The molecule has 0 spiro atoms. The lowest BCUT2D eigenvalue weighted by Gasteiger charge is -2.36. The molecule has 30 heavy (non-hydrogen) atoms. The highest BCUT2D eigenvalue weighted by Crippen LogP contribution is 2.33. The number of carboxylic acid groups (broad SMARTS) is 1. The summed E-state index contributed by atoms with van der Waals surface area (Å²) in [5, 5.41) is 9.59. The zero-order valence-electron chi connectivity index (χ0n) is 16.9. The van der Waals surface area contributed by atoms with Crippen molar-refractivity contribution in [1.82, 2.24) is 4.31 Å². The Morgan fingerprint density at radius 1 is 1.07 bits per heavy atom. The lowest BCUT2D eigenvalue weighted by atomic mass is 9.84. The van der Waals surface area contributed by atoms with Gasteiger partial charge in [-0.05, 0) is 67.6 Å². The minimum absolute atomic E-state index is 0. The molecule has 0 aromatic heterocycles. The minimum atomic E-state index is -3.73. The molecule has 1 saturated carbocycles. The normalized spacial score (nSPS) is 16.1. The molecule has 1 aliphatic rings. The number of rotatable bonds is 7. The molecule has 5 nitrogen and oxygen atoms in total. The van der Waals surface area contributed by atoms with Crippen LogP contribution in [0, 0.1) is 5.92 Å². The molecule has 164 valence electrons. The van der Waals surface area contributed by atoms with Gasteiger partial charge in [0.2, 0.25) is 10.0 Å². The first-order valence-electron chi connectivity index (χ1n) is 9.88. The van der Waals surface area contributed by atoms with E-state index in [1.54, 1.807) is 28.6 Å². The summed E-state index contributed by atoms with van der Waals surface area (Å²) in [6, 6.07) is 12.5. The Bertz CT molecular complexity index is 940. The van der Waals surface area contributed by atoms with Crippen LogP contribution < -0.4 is 0 Å². The Kier molecular flexibility index (Phi) is 8.79. The summed E-state index contributed by atoms with van der Waals surface area (Å²) >= 11 is 5.94. The topological polar surface area (TPSA) is 74.7 Å². The van der Waals surface area contributed by atoms with Gasteiger partial charge in [-0.2, -0.15) is 17.8 Å². The molecule has 0 saturated heterocycles. The van der Waals surface area contributed by atoms with Gasteiger partial charge in [-0.3, -0.25) is 0 Å². The van der Waals surface area contributed by atoms with Gasteiger partial charge in [0.25, 0.3) is 0 Å². The summed E-state index contributed by atoms with van der Waals surface area (Å²) in [6.45, 7) is 2.18. The maximum atomic E-state index is 13.5. The fourth-order valence-electron chi connectivity index (χ4n) is 3.97. The molecule has 0 heterocycles. The van der Waals surface area contributed by atoms with Gasteiger partial charge in [-0.15, -0.1) is 0 Å². The van der Waals surface area contributed by atoms with Crippen LogP contribution in [-0.4, -0.2) is 29.8 Å². The summed E-state index contributed by atoms with van der Waals surface area (Å²) in [5.74, 6) is -0.693. The summed E-state index contributed by atoms with van der Waals surface area (Å²) in [4.78, 5) is 11.3. The van der Waals surface area contributed by atoms with Crippen LogP contribution in [0.4, 0.5) is 0 Å². The number of hydrogen-bond acceptors (Lipinski definition) is 3. The summed E-state index contributed by atoms with van der Waals surface area (Å²) in [5.41, 5.74) is 0.941. The van der Waals surface area contributed by atoms with Crippen molar-refractivity contribution in [3.05, 3.63) is 64.7 Å². The van der Waals surface area contributed by atoms with Crippen molar-refractivity contribution in [2.75, 3.05) is 0 Å². The second-order valence-corrected chi connectivity index (χ2v) is 9.97. The Balaban J connectivity index is 0.00000320. The van der Waals surface area contributed by atoms with Crippen LogP contribution in [0.5, 0.6) is 0 Å². The van der Waals surface area contributed by atoms with Crippen molar-refractivity contribution >= 4 is 41.1 Å². The van der Waals surface area contributed by atoms with Crippen LogP contribution in [0.3, 0.4) is 0 Å². The Morgan fingerprint density at radius 2 is 1.63 bits per heavy atom. The summed E-state index contributed by atoms with van der Waals surface area (Å²) in [7, 11) is -3.73. The number of carboxylic acids is 1. The van der Waals surface area contributed by atoms with Gasteiger partial charge in [0, 0.05) is 17.6 Å². The number of hydrogen-bond donors (Lipinski definition) is 1. The van der Waals surface area contributed by atoms with E-state index in [1.807, 2.05) is 6.92 Å². The molecule has 2 aromatic carbocycles. The Labute approximate surface area is 190 Å². The van der Waals surface area contributed by atoms with Crippen molar-refractivity contribution in [3.8, 4) is 0 Å². The van der Waals surface area contributed by atoms with E-state index < -0.39 is 16.0 Å². The molecule has 3 rings (SSSR count). The fourth-order valence-corrected chi connectivity index (χ4v) is 5.78. The number of benzene rings is 2. The number of nitrogens with zero attached hydrogens (tertiary/aromatic N) is 1. The molecular formula is C22H28ClNO4S2. The number of sulfonamides is 1. The van der Waals surface area contributed by atoms with Crippen LogP contribution in [-0.2, 0) is 16.6 Å². The highest BCUT2D eigenvalue weighted by Gasteiger charge is 2.34. The van der Waals surface area contributed by atoms with E-state index in [0.717, 1.165) is 31.2 Å². The molecule has 0 aliphatic heterocycles. The van der Waals surface area contributed by atoms with Gasteiger partial charge in [0.1, 0.15) is 0 Å². The van der Waals surface area contributed by atoms with Gasteiger partial charge in [0.15, 0.2) is 0 Å². The third kappa shape index (κ3) is 5.78. The van der Waals surface area contributed by atoms with Crippen LogP contribution in [0.1, 0.15) is 54.9 Å². The first-order chi connectivity index (χ1) is 13.8. The largest absolute Gasteiger partial charge is 0.478 e. The molecular weight excluding hydrogens is 442 g/mol. The number of aromatic carboxylic acids is 1. The van der Waals surface area contributed by atoms with E-state index in [4.69, 9.17) is 16.7 Å². The first-order valence-corrected chi connectivity index (χ1v) is 11.7. The van der Waals surface area contributed by atoms with E-state index in [9.17, 15) is 13.2 Å². The fraction of sp³-hybridized carbons (Fsp3) is 0.409. The predicted octanol–water partition coefficient (Wildman–Crippen LogP) is 5.31. The molecule has 8 heteroatoms. The Morgan fingerprint density at radius 3 is 2.17 bits per heavy atom. The molecule has 1 unspecified atom stereocenters. The van der Waals surface area contributed by atoms with Gasteiger partial charge in [0.05, 0.1) is 10.5 Å². The maximum absolute atomic E-state index is 13.5. The third-order valence-electron chi connectivity index (χ3n) is 5.75. The lowest BCUT2D eigenvalue weighted by Crippen LogP contribution is -2.42. The molecule has 1 atom stereocenters. The quantitative estimate of drug-likeness (QED) is 0.596. The molecule has 0 amide bonds. The second kappa shape index (κ2) is 10.7. The highest BCUT2D eigenvalue weighted by molar-refractivity contribution is 7.89. The first kappa shape index (κ1) is 24.7. The van der Waals surface area contributed by atoms with Crippen molar-refractivity contribution in [2.45, 2.75) is 56.5 Å². The SMILES string of the molecule is CC(C1CCCCC1)N(Cc1ccc(C(=O)O)cc1)S(=O)(=O)c1ccc(Cl)cc1.S. The zero-order valence-corrected chi connectivity index (χ0v) is 19.5. The average molecular weight is 470 g/mol. The van der Waals surface area contributed by atoms with E-state index >= 15 is 0 Å². The maximum Gasteiger partial charge on any atom is 0.335 e. The van der Waals surface area contributed by atoms with Crippen molar-refractivity contribution < 1.29 is 18.3 Å². The van der Waals surface area contributed by atoms with E-state index in [0.29, 0.717) is 10.9 Å². The summed E-state index contributed by atoms with van der Waals surface area (Å²) in [6.07, 6.45) is 5.48. The summed E-state index contributed by atoms with van der Waals surface area (Å²) < 4.78 is 28.5. The molecule has 2 aromatic rings. The van der Waals surface area contributed by atoms with E-state index in [-0.39, 0.29) is 36.5 Å². The standard InChI is InChI=1S/C22H26ClNO4S.H2S/c1-16(18-5-3-2-4-6-18)24(15-17-7-9-19(10-8-17)22(25)26)29(27,28)21-13-11-20(23)12-14-21;/h7-14,16,18H,2-6,15H2,1H3,(H,25,26);1H2. The molecule has 0 bridgehead atoms. The monoisotopic (exact) mass is 469 g/mol. The number of halogens is 1. The zero-order chi connectivity index (χ0) is 21.0. The minimum Gasteiger partial charge on any atom is -0.478 e. The number of carbonyl (C=O) groups is 1. The molecule has 1 N–H and O–H groups in total. The van der Waals surface area contributed by atoms with E-state index in [2.05, 4.69) is 0 Å². The van der Waals surface area contributed by atoms with Crippen LogP contribution in [0.15, 0.2) is 53.4 Å². The van der Waals surface area contributed by atoms with Gasteiger partial charge < -0.3 is 5.11 Å². The molecule has 0 radical (unpaired) electrons. The van der Waals surface area contributed by atoms with E-state index in [1.165, 1.54) is 30.7 Å². The van der Waals surface area contributed by atoms with Crippen LogP contribution in [0.25, 0.3) is 0 Å². The van der Waals surface area contributed by atoms with Crippen molar-refractivity contribution in [2.24, 2.45) is 5.92 Å². The smallest absolute Gasteiger partial charge is 0.335 e. The predicted molar refractivity (Wildman–Crippen MR) is 124 cm³/mol. The molecule has 1 fully saturated rings. The van der Waals surface area contributed by atoms with Crippen LogP contribution in [0.2, 0.25) is 5.02 Å². The van der Waals surface area contributed by atoms with Crippen molar-refractivity contribution in [1.29, 1.82) is 0 Å². The van der Waals surface area contributed by atoms with Gasteiger partial charge in [-0.25, -0.2) is 13.2 Å². The lowest BCUT2D eigenvalue weighted by molar-refractivity contribution is 0.0697. The molecule has 1 aliphatic carbocycles. The second-order valence-electron chi connectivity index (χ2n) is 7.64. The van der Waals surface area contributed by atoms with Crippen molar-refractivity contribution in [3.63, 3.8) is 0 Å². The highest BCUT2D eigenvalue weighted by atomic mass is 35.5.